The summed E-state index contributed by atoms with van der Waals surface area (Å²) < 4.78 is 29.6. The van der Waals surface area contributed by atoms with Crippen LogP contribution in [0.5, 0.6) is 0 Å². The molecule has 0 spiro atoms. The Morgan fingerprint density at radius 1 is 0.821 bits per heavy atom. The molecule has 5 atom stereocenters. The van der Waals surface area contributed by atoms with Gasteiger partial charge in [0.15, 0.2) is 0 Å². The van der Waals surface area contributed by atoms with Gasteiger partial charge >= 0.3 is 0 Å². The Morgan fingerprint density at radius 3 is 2.13 bits per heavy atom. The van der Waals surface area contributed by atoms with Crippen molar-refractivity contribution in [2.24, 2.45) is 23.7 Å². The lowest BCUT2D eigenvalue weighted by Crippen LogP contribution is -2.42. The normalized spacial score (nSPS) is 27.1. The van der Waals surface area contributed by atoms with Crippen LogP contribution in [0.3, 0.4) is 0 Å². The first kappa shape index (κ1) is 25.6. The van der Waals surface area contributed by atoms with Crippen LogP contribution < -0.4 is 4.90 Å². The molecule has 39 heavy (non-hydrogen) atoms. The third-order valence-corrected chi connectivity index (χ3v) is 10.5. The number of rotatable bonds is 5. The van der Waals surface area contributed by atoms with E-state index in [9.17, 15) is 22.8 Å². The van der Waals surface area contributed by atoms with Crippen LogP contribution in [0, 0.1) is 30.6 Å². The molecule has 0 unspecified atom stereocenters. The summed E-state index contributed by atoms with van der Waals surface area (Å²) in [5.74, 6) is -3.75. The predicted octanol–water partition coefficient (Wildman–Crippen LogP) is 4.31. The molecule has 3 fully saturated rings. The van der Waals surface area contributed by atoms with E-state index in [1.807, 2.05) is 38.1 Å². The summed E-state index contributed by atoms with van der Waals surface area (Å²) in [6.45, 7) is 3.93. The first-order valence-corrected chi connectivity index (χ1v) is 14.8. The van der Waals surface area contributed by atoms with Crippen molar-refractivity contribution in [3.05, 3.63) is 95.6 Å². The van der Waals surface area contributed by atoms with E-state index in [4.69, 9.17) is 0 Å². The number of carbonyl (C=O) groups is 3. The summed E-state index contributed by atoms with van der Waals surface area (Å²) in [6, 6.07) is 22.3. The van der Waals surface area contributed by atoms with E-state index in [1.54, 1.807) is 54.6 Å². The van der Waals surface area contributed by atoms with Crippen molar-refractivity contribution in [2.45, 2.75) is 37.6 Å². The van der Waals surface area contributed by atoms with Crippen molar-refractivity contribution >= 4 is 33.3 Å². The maximum atomic E-state index is 14.1. The lowest BCUT2D eigenvalue weighted by Gasteiger charge is -2.33. The molecule has 3 aromatic rings. The molecule has 0 radical (unpaired) electrons. The molecule has 2 amide bonds. The molecular formula is C31H30N2O5S. The van der Waals surface area contributed by atoms with Crippen LogP contribution in [0.15, 0.2) is 83.8 Å². The van der Waals surface area contributed by atoms with Gasteiger partial charge in [0, 0.05) is 18.9 Å². The molecule has 0 N–H and O–H groups in total. The summed E-state index contributed by atoms with van der Waals surface area (Å²) in [5.41, 5.74) is 3.23. The number of fused-ring (bicyclic) bond motifs is 3. The molecule has 0 bridgehead atoms. The van der Waals surface area contributed by atoms with Gasteiger partial charge in [-0.3, -0.25) is 19.3 Å². The fraction of sp³-hybridized carbons (Fsp3) is 0.323. The first-order chi connectivity index (χ1) is 18.7. The van der Waals surface area contributed by atoms with Crippen molar-refractivity contribution < 1.29 is 22.8 Å². The number of hydrogen-bond donors (Lipinski definition) is 0. The Balaban J connectivity index is 1.46. The van der Waals surface area contributed by atoms with Crippen molar-refractivity contribution in [3.8, 4) is 0 Å². The maximum Gasteiger partial charge on any atom is 0.243 e. The molecule has 1 saturated carbocycles. The van der Waals surface area contributed by atoms with E-state index in [0.717, 1.165) is 23.1 Å². The largest absolute Gasteiger partial charge is 0.299 e. The van der Waals surface area contributed by atoms with Gasteiger partial charge in [0.05, 0.1) is 28.5 Å². The second-order valence-corrected chi connectivity index (χ2v) is 12.7. The summed E-state index contributed by atoms with van der Waals surface area (Å²) in [4.78, 5) is 42.4. The van der Waals surface area contributed by atoms with Gasteiger partial charge in [0.25, 0.3) is 0 Å². The van der Waals surface area contributed by atoms with Crippen molar-refractivity contribution in [2.75, 3.05) is 11.4 Å². The topological polar surface area (TPSA) is 91.8 Å². The van der Waals surface area contributed by atoms with Crippen molar-refractivity contribution in [3.63, 3.8) is 0 Å². The molecule has 3 aromatic carbocycles. The van der Waals surface area contributed by atoms with Crippen LogP contribution in [0.1, 0.15) is 36.1 Å². The Hall–Kier alpha value is -3.62. The highest BCUT2D eigenvalue weighted by Crippen LogP contribution is 2.54. The summed E-state index contributed by atoms with van der Waals surface area (Å²) in [6.07, 6.45) is 0.763. The van der Waals surface area contributed by atoms with E-state index in [-0.39, 0.29) is 35.5 Å². The van der Waals surface area contributed by atoms with E-state index < -0.39 is 39.7 Å². The Kier molecular flexibility index (Phi) is 6.27. The van der Waals surface area contributed by atoms with Crippen LogP contribution in [-0.2, 0) is 30.8 Å². The lowest BCUT2D eigenvalue weighted by atomic mass is 9.66. The number of sulfonamides is 1. The second kappa shape index (κ2) is 9.54. The number of benzene rings is 3. The molecule has 8 heteroatoms. The van der Waals surface area contributed by atoms with Crippen LogP contribution >= 0.6 is 0 Å². The molecule has 6 rings (SSSR count). The smallest absolute Gasteiger partial charge is 0.243 e. The van der Waals surface area contributed by atoms with Gasteiger partial charge in [0.1, 0.15) is 5.78 Å². The second-order valence-electron chi connectivity index (χ2n) is 10.8. The van der Waals surface area contributed by atoms with E-state index in [0.29, 0.717) is 5.69 Å². The third kappa shape index (κ3) is 4.05. The zero-order valence-corrected chi connectivity index (χ0v) is 22.7. The van der Waals surface area contributed by atoms with Crippen molar-refractivity contribution in [1.82, 2.24) is 4.31 Å². The van der Waals surface area contributed by atoms with Crippen LogP contribution in [0.2, 0.25) is 0 Å². The van der Waals surface area contributed by atoms with Gasteiger partial charge in [-0.2, -0.15) is 4.31 Å². The number of nitrogens with zero attached hydrogens (tertiary/aromatic N) is 2. The number of ketones is 1. The minimum absolute atomic E-state index is 0.00434. The number of carbonyl (C=O) groups excluding carboxylic acids is 3. The summed E-state index contributed by atoms with van der Waals surface area (Å²) >= 11 is 0. The number of anilines is 1. The maximum absolute atomic E-state index is 14.1. The third-order valence-electron chi connectivity index (χ3n) is 8.60. The Bertz CT molecular complexity index is 1550. The number of Topliss-reactive ketones (excluding diaryl/α,β-unsaturated/α-hetero) is 1. The molecule has 2 aliphatic heterocycles. The first-order valence-electron chi connectivity index (χ1n) is 13.3. The van der Waals surface area contributed by atoms with Gasteiger partial charge < -0.3 is 0 Å². The fourth-order valence-electron chi connectivity index (χ4n) is 6.65. The Labute approximate surface area is 228 Å². The molecule has 3 aliphatic rings. The zero-order valence-electron chi connectivity index (χ0n) is 21.9. The standard InChI is InChI=1S/C31H30N2O5S/c1-3-20-11-13-21(14-12-20)29-28-25(18-32(29)39(37,38)23-15-9-19(2)10-16-23)27-24(17-26(28)34)30(35)33(31(27)36)22-7-5-4-6-8-22/h4-16,24-25,27-29H,3,17-18H2,1-2H3/t24-,25-,27-,28-,29-/m0/s1. The fourth-order valence-corrected chi connectivity index (χ4v) is 8.32. The van der Waals surface area contributed by atoms with Gasteiger partial charge in [-0.1, -0.05) is 67.1 Å². The molecule has 7 nitrogen and oxygen atoms in total. The van der Waals surface area contributed by atoms with Crippen LogP contribution in [-0.4, -0.2) is 36.9 Å². The van der Waals surface area contributed by atoms with Gasteiger partial charge in [-0.05, 0) is 54.7 Å². The van der Waals surface area contributed by atoms with Gasteiger partial charge in [-0.25, -0.2) is 8.42 Å². The highest BCUT2D eigenvalue weighted by molar-refractivity contribution is 7.89. The molecule has 1 aliphatic carbocycles. The monoisotopic (exact) mass is 542 g/mol. The average molecular weight is 543 g/mol. The number of hydrogen-bond acceptors (Lipinski definition) is 5. The number of para-hydroxylation sites is 1. The van der Waals surface area contributed by atoms with Crippen molar-refractivity contribution in [1.29, 1.82) is 0 Å². The van der Waals surface area contributed by atoms with Gasteiger partial charge in [0.2, 0.25) is 21.8 Å². The quantitative estimate of drug-likeness (QED) is 0.448. The average Bonchev–Trinajstić information content (AvgIpc) is 3.46. The molecule has 0 aromatic heterocycles. The number of amides is 2. The summed E-state index contributed by atoms with van der Waals surface area (Å²) in [5, 5.41) is 0. The highest BCUT2D eigenvalue weighted by atomic mass is 32.2. The van der Waals surface area contributed by atoms with E-state index in [2.05, 4.69) is 0 Å². The molecule has 2 heterocycles. The van der Waals surface area contributed by atoms with Gasteiger partial charge in [-0.15, -0.1) is 0 Å². The highest BCUT2D eigenvalue weighted by Gasteiger charge is 2.63. The lowest BCUT2D eigenvalue weighted by molar-refractivity contribution is -0.136. The molecule has 200 valence electrons. The number of aryl methyl sites for hydroxylation is 2. The van der Waals surface area contributed by atoms with Crippen LogP contribution in [0.25, 0.3) is 0 Å². The number of imide groups is 1. The van der Waals surface area contributed by atoms with Crippen LogP contribution in [0.4, 0.5) is 5.69 Å². The predicted molar refractivity (Wildman–Crippen MR) is 146 cm³/mol. The van der Waals surface area contributed by atoms with E-state index >= 15 is 0 Å². The molecule has 2 saturated heterocycles. The minimum Gasteiger partial charge on any atom is -0.299 e. The molecular weight excluding hydrogens is 512 g/mol. The van der Waals surface area contributed by atoms with E-state index in [1.165, 1.54) is 9.21 Å². The minimum atomic E-state index is -4.00. The Morgan fingerprint density at radius 2 is 1.49 bits per heavy atom. The zero-order chi connectivity index (χ0) is 27.5. The SMILES string of the molecule is CCc1ccc([C@H]2[C@@H]3C(=O)C[C@@H]4C(=O)N(c5ccccc5)C(=O)[C@@H]4[C@@H]3CN2S(=O)(=O)c2ccc(C)cc2)cc1. The summed E-state index contributed by atoms with van der Waals surface area (Å²) in [7, 11) is -4.00.